The summed E-state index contributed by atoms with van der Waals surface area (Å²) >= 11 is 0. The van der Waals surface area contributed by atoms with Crippen molar-refractivity contribution in [3.63, 3.8) is 0 Å². The summed E-state index contributed by atoms with van der Waals surface area (Å²) in [5.41, 5.74) is 3.97. The third kappa shape index (κ3) is 4.47. The lowest BCUT2D eigenvalue weighted by Crippen LogP contribution is -2.45. The average molecular weight is 386 g/mol. The molecule has 3 rings (SSSR count). The monoisotopic (exact) mass is 386 g/mol. The molecule has 7 nitrogen and oxygen atoms in total. The van der Waals surface area contributed by atoms with E-state index in [0.717, 1.165) is 22.5 Å². The molecule has 0 spiro atoms. The summed E-state index contributed by atoms with van der Waals surface area (Å²) in [6.07, 6.45) is 1.94. The highest BCUT2D eigenvalue weighted by atomic mass is 19.1. The molecule has 8 heteroatoms. The van der Waals surface area contributed by atoms with Gasteiger partial charge in [-0.05, 0) is 42.8 Å². The molecule has 2 amide bonds. The second kappa shape index (κ2) is 8.81. The number of amides is 2. The van der Waals surface area contributed by atoms with E-state index in [2.05, 4.69) is 15.6 Å². The summed E-state index contributed by atoms with van der Waals surface area (Å²) in [6, 6.07) is 9.01. The van der Waals surface area contributed by atoms with E-state index in [4.69, 9.17) is 4.74 Å². The fourth-order valence-corrected chi connectivity index (χ4v) is 2.95. The van der Waals surface area contributed by atoms with Crippen LogP contribution in [0.4, 0.5) is 9.18 Å². The van der Waals surface area contributed by atoms with Gasteiger partial charge >= 0.3 is 6.03 Å². The third-order valence-corrected chi connectivity index (χ3v) is 4.32. The molecule has 0 aliphatic rings. The number of rotatable bonds is 7. The first-order valence-corrected chi connectivity index (χ1v) is 8.89. The molecule has 3 aromatic rings. The molecule has 1 aromatic carbocycles. The van der Waals surface area contributed by atoms with Gasteiger partial charge in [-0.2, -0.15) is 0 Å². The Kier molecular flexibility index (Phi) is 6.23. The van der Waals surface area contributed by atoms with Crippen LogP contribution in [0.25, 0.3) is 16.9 Å². The number of hydrogen-bond acceptors (Lipinski definition) is 4. The molecule has 1 atom stereocenters. The van der Waals surface area contributed by atoms with Crippen LogP contribution in [0, 0.1) is 12.7 Å². The van der Waals surface area contributed by atoms with Crippen LogP contribution in [-0.2, 0) is 11.3 Å². The molecular weight excluding hydrogens is 363 g/mol. The topological polar surface area (TPSA) is 87.9 Å². The normalized spacial score (nSPS) is 12.1. The number of imidazole rings is 1. The van der Waals surface area contributed by atoms with Gasteiger partial charge in [0.2, 0.25) is 0 Å². The summed E-state index contributed by atoms with van der Waals surface area (Å²) in [5.74, 6) is -0.324. The molecule has 0 aliphatic carbocycles. The minimum Gasteiger partial charge on any atom is -0.394 e. The Bertz CT molecular complexity index is 956. The van der Waals surface area contributed by atoms with E-state index in [-0.39, 0.29) is 25.6 Å². The highest BCUT2D eigenvalue weighted by molar-refractivity contribution is 5.75. The van der Waals surface area contributed by atoms with Gasteiger partial charge in [-0.15, -0.1) is 0 Å². The van der Waals surface area contributed by atoms with Crippen molar-refractivity contribution in [1.29, 1.82) is 0 Å². The van der Waals surface area contributed by atoms with Crippen molar-refractivity contribution in [2.75, 3.05) is 20.3 Å². The number of halogens is 1. The number of carbonyl (C=O) groups excluding carboxylic acids is 1. The van der Waals surface area contributed by atoms with Crippen molar-refractivity contribution in [3.8, 4) is 11.3 Å². The molecular formula is C20H23FN4O3. The van der Waals surface area contributed by atoms with Gasteiger partial charge in [0.1, 0.15) is 11.5 Å². The number of ether oxygens (including phenoxy) is 1. The summed E-state index contributed by atoms with van der Waals surface area (Å²) in [6.45, 7) is 2.16. The van der Waals surface area contributed by atoms with Crippen molar-refractivity contribution in [1.82, 2.24) is 20.0 Å². The number of pyridine rings is 1. The van der Waals surface area contributed by atoms with Crippen LogP contribution in [-0.4, -0.2) is 46.9 Å². The summed E-state index contributed by atoms with van der Waals surface area (Å²) in [5, 5.41) is 14.7. The number of aryl methyl sites for hydroxylation is 1. The van der Waals surface area contributed by atoms with Crippen LogP contribution >= 0.6 is 0 Å². The molecule has 0 radical (unpaired) electrons. The summed E-state index contributed by atoms with van der Waals surface area (Å²) in [4.78, 5) is 16.9. The van der Waals surface area contributed by atoms with E-state index in [1.807, 2.05) is 29.7 Å². The zero-order valence-electron chi connectivity index (χ0n) is 15.8. The first kappa shape index (κ1) is 19.8. The van der Waals surface area contributed by atoms with Gasteiger partial charge in [-0.1, -0.05) is 6.07 Å². The lowest BCUT2D eigenvalue weighted by Gasteiger charge is -2.16. The molecule has 0 unspecified atom stereocenters. The standard InChI is InChI=1S/C20H23FN4O3/c1-13-3-8-18-24-19(14-4-6-15(21)7-5-14)17(25(18)10-13)9-22-20(27)23-16(11-26)12-28-2/h3-8,10,16,26H,9,11-12H2,1-2H3,(H2,22,23,27)/t16-/m0/s1. The molecule has 2 heterocycles. The molecule has 0 bridgehead atoms. The molecule has 0 aliphatic heterocycles. The van der Waals surface area contributed by atoms with Crippen LogP contribution in [0.3, 0.4) is 0 Å². The van der Waals surface area contributed by atoms with Gasteiger partial charge in [0.25, 0.3) is 0 Å². The Morgan fingerprint density at radius 3 is 2.71 bits per heavy atom. The zero-order chi connectivity index (χ0) is 20.1. The Morgan fingerprint density at radius 1 is 1.29 bits per heavy atom. The predicted octanol–water partition coefficient (Wildman–Crippen LogP) is 2.26. The maximum atomic E-state index is 13.3. The van der Waals surface area contributed by atoms with Gasteiger partial charge in [-0.3, -0.25) is 0 Å². The second-order valence-electron chi connectivity index (χ2n) is 6.51. The lowest BCUT2D eigenvalue weighted by molar-refractivity contribution is 0.130. The van der Waals surface area contributed by atoms with Gasteiger partial charge < -0.3 is 24.9 Å². The average Bonchev–Trinajstić information content (AvgIpc) is 3.04. The number of hydrogen-bond donors (Lipinski definition) is 3. The maximum Gasteiger partial charge on any atom is 0.315 e. The van der Waals surface area contributed by atoms with Gasteiger partial charge in [0, 0.05) is 18.9 Å². The van der Waals surface area contributed by atoms with E-state index in [9.17, 15) is 14.3 Å². The van der Waals surface area contributed by atoms with Crippen LogP contribution in [0.1, 0.15) is 11.3 Å². The minimum absolute atomic E-state index is 0.203. The van der Waals surface area contributed by atoms with Crippen molar-refractivity contribution >= 4 is 11.7 Å². The quantitative estimate of drug-likeness (QED) is 0.581. The van der Waals surface area contributed by atoms with Crippen LogP contribution in [0.15, 0.2) is 42.6 Å². The number of nitrogens with zero attached hydrogens (tertiary/aromatic N) is 2. The molecule has 0 fully saturated rings. The van der Waals surface area contributed by atoms with Crippen LogP contribution < -0.4 is 10.6 Å². The van der Waals surface area contributed by atoms with Crippen molar-refractivity contribution < 1.29 is 19.0 Å². The molecule has 28 heavy (non-hydrogen) atoms. The summed E-state index contributed by atoms with van der Waals surface area (Å²) < 4.78 is 20.2. The first-order chi connectivity index (χ1) is 13.5. The zero-order valence-corrected chi connectivity index (χ0v) is 15.8. The molecule has 0 saturated carbocycles. The third-order valence-electron chi connectivity index (χ3n) is 4.32. The van der Waals surface area contributed by atoms with E-state index in [1.165, 1.54) is 19.2 Å². The van der Waals surface area contributed by atoms with Crippen LogP contribution in [0.2, 0.25) is 0 Å². The number of methoxy groups -OCH3 is 1. The van der Waals surface area contributed by atoms with E-state index < -0.39 is 12.1 Å². The second-order valence-corrected chi connectivity index (χ2v) is 6.51. The largest absolute Gasteiger partial charge is 0.394 e. The van der Waals surface area contributed by atoms with E-state index in [0.29, 0.717) is 5.69 Å². The Balaban J connectivity index is 1.88. The van der Waals surface area contributed by atoms with Gasteiger partial charge in [-0.25, -0.2) is 14.2 Å². The highest BCUT2D eigenvalue weighted by Gasteiger charge is 2.16. The maximum absolute atomic E-state index is 13.3. The minimum atomic E-state index is -0.494. The van der Waals surface area contributed by atoms with E-state index in [1.54, 1.807) is 12.1 Å². The molecule has 3 N–H and O–H groups in total. The SMILES string of the molecule is COC[C@H](CO)NC(=O)NCc1c(-c2ccc(F)cc2)nc2ccc(C)cn12. The number of fused-ring (bicyclic) bond motifs is 1. The van der Waals surface area contributed by atoms with Crippen LogP contribution in [0.5, 0.6) is 0 Å². The summed E-state index contributed by atoms with van der Waals surface area (Å²) in [7, 11) is 1.50. The molecule has 2 aromatic heterocycles. The highest BCUT2D eigenvalue weighted by Crippen LogP contribution is 2.25. The van der Waals surface area contributed by atoms with Crippen molar-refractivity contribution in [2.24, 2.45) is 0 Å². The number of aliphatic hydroxyl groups is 1. The fourth-order valence-electron chi connectivity index (χ4n) is 2.95. The van der Waals surface area contributed by atoms with Crippen molar-refractivity contribution in [2.45, 2.75) is 19.5 Å². The smallest absolute Gasteiger partial charge is 0.315 e. The Morgan fingerprint density at radius 2 is 2.04 bits per heavy atom. The lowest BCUT2D eigenvalue weighted by atomic mass is 10.1. The number of aromatic nitrogens is 2. The Hall–Kier alpha value is -2.97. The first-order valence-electron chi connectivity index (χ1n) is 8.89. The predicted molar refractivity (Wildman–Crippen MR) is 103 cm³/mol. The number of benzene rings is 1. The number of aliphatic hydroxyl groups excluding tert-OH is 1. The number of carbonyl (C=O) groups is 1. The number of urea groups is 1. The number of nitrogens with one attached hydrogen (secondary N) is 2. The van der Waals surface area contributed by atoms with Gasteiger partial charge in [0.05, 0.1) is 37.2 Å². The van der Waals surface area contributed by atoms with E-state index >= 15 is 0 Å². The molecule has 148 valence electrons. The van der Waals surface area contributed by atoms with Crippen molar-refractivity contribution in [3.05, 3.63) is 59.7 Å². The van der Waals surface area contributed by atoms with Gasteiger partial charge in [0.15, 0.2) is 0 Å². The Labute approximate surface area is 162 Å². The fraction of sp³-hybridized carbons (Fsp3) is 0.300. The molecule has 0 saturated heterocycles.